The number of aryl methyl sites for hydroxylation is 2. The zero-order chi connectivity index (χ0) is 17.4. The Morgan fingerprint density at radius 1 is 1.08 bits per heavy atom. The molecular weight excluding hydrogens is 290 g/mol. The van der Waals surface area contributed by atoms with Crippen LogP contribution < -0.4 is 0 Å². The summed E-state index contributed by atoms with van der Waals surface area (Å²) < 4.78 is 0. The maximum absolute atomic E-state index is 4.41. The fourth-order valence-electron chi connectivity index (χ4n) is 3.06. The van der Waals surface area contributed by atoms with Crippen LogP contribution in [0.15, 0.2) is 73.1 Å². The molecule has 0 saturated carbocycles. The Balaban J connectivity index is 2.06. The highest BCUT2D eigenvalue weighted by atomic mass is 14.6. The Bertz CT molecular complexity index is 652. The van der Waals surface area contributed by atoms with Crippen LogP contribution in [0.25, 0.3) is 0 Å². The molecule has 2 aromatic rings. The largest absolute Gasteiger partial charge is 0.264 e. The van der Waals surface area contributed by atoms with Crippen LogP contribution in [-0.4, -0.2) is 4.98 Å². The summed E-state index contributed by atoms with van der Waals surface area (Å²) in [7, 11) is 0. The fraction of sp³-hybridized carbons (Fsp3) is 0.348. The second-order valence-electron chi connectivity index (χ2n) is 6.69. The standard InChI is InChI=1S/C23H29N/c1-5-7-19(3)16-23(22-8-6-15-24-17-22)20(4)11-14-21-12-9-18(2)10-13-21/h6,8-10,12-13,15,17,23H,3-5,7,11,14,16H2,1-2H3. The molecule has 1 aromatic carbocycles. The van der Waals surface area contributed by atoms with Crippen molar-refractivity contribution in [2.45, 2.75) is 51.9 Å². The summed E-state index contributed by atoms with van der Waals surface area (Å²) in [6.07, 6.45) is 9.05. The minimum atomic E-state index is 0.322. The van der Waals surface area contributed by atoms with Crippen molar-refractivity contribution in [3.8, 4) is 0 Å². The molecule has 0 radical (unpaired) electrons. The fourth-order valence-corrected chi connectivity index (χ4v) is 3.06. The van der Waals surface area contributed by atoms with Crippen LogP contribution in [0.2, 0.25) is 0 Å². The first-order valence-corrected chi connectivity index (χ1v) is 8.90. The van der Waals surface area contributed by atoms with Gasteiger partial charge in [0.25, 0.3) is 0 Å². The van der Waals surface area contributed by atoms with E-state index in [1.165, 1.54) is 27.8 Å². The van der Waals surface area contributed by atoms with E-state index in [0.29, 0.717) is 5.92 Å². The van der Waals surface area contributed by atoms with E-state index in [9.17, 15) is 0 Å². The summed E-state index contributed by atoms with van der Waals surface area (Å²) in [5, 5.41) is 0. The van der Waals surface area contributed by atoms with E-state index >= 15 is 0 Å². The third-order valence-corrected chi connectivity index (χ3v) is 4.53. The predicted octanol–water partition coefficient (Wildman–Crippen LogP) is 6.41. The molecule has 1 heterocycles. The van der Waals surface area contributed by atoms with E-state index in [1.807, 2.05) is 18.5 Å². The number of hydrogen-bond donors (Lipinski definition) is 0. The molecule has 0 amide bonds. The van der Waals surface area contributed by atoms with Crippen molar-refractivity contribution >= 4 is 0 Å². The van der Waals surface area contributed by atoms with E-state index in [4.69, 9.17) is 0 Å². The first-order valence-electron chi connectivity index (χ1n) is 8.90. The summed E-state index contributed by atoms with van der Waals surface area (Å²) in [6, 6.07) is 13.0. The lowest BCUT2D eigenvalue weighted by molar-refractivity contribution is 0.700. The van der Waals surface area contributed by atoms with Crippen LogP contribution in [0.3, 0.4) is 0 Å². The first kappa shape index (κ1) is 18.2. The molecule has 0 saturated heterocycles. The number of hydrogen-bond acceptors (Lipinski definition) is 1. The summed E-state index contributed by atoms with van der Waals surface area (Å²) in [6.45, 7) is 13.0. The van der Waals surface area contributed by atoms with Crippen LogP contribution in [-0.2, 0) is 6.42 Å². The lowest BCUT2D eigenvalue weighted by atomic mass is 9.84. The quantitative estimate of drug-likeness (QED) is 0.487. The highest BCUT2D eigenvalue weighted by Crippen LogP contribution is 2.32. The van der Waals surface area contributed by atoms with Crippen molar-refractivity contribution in [2.75, 3.05) is 0 Å². The van der Waals surface area contributed by atoms with Gasteiger partial charge in [0.05, 0.1) is 0 Å². The Kier molecular flexibility index (Phi) is 6.99. The summed E-state index contributed by atoms with van der Waals surface area (Å²) in [5.74, 6) is 0.322. The number of rotatable bonds is 9. The van der Waals surface area contributed by atoms with Crippen LogP contribution >= 0.6 is 0 Å². The molecule has 24 heavy (non-hydrogen) atoms. The smallest absolute Gasteiger partial charge is 0.0306 e. The molecule has 0 aliphatic heterocycles. The summed E-state index contributed by atoms with van der Waals surface area (Å²) in [5.41, 5.74) is 6.52. The van der Waals surface area contributed by atoms with E-state index < -0.39 is 0 Å². The number of benzene rings is 1. The molecule has 0 bridgehead atoms. The van der Waals surface area contributed by atoms with Gasteiger partial charge in [0.15, 0.2) is 0 Å². The molecule has 1 atom stereocenters. The average molecular weight is 319 g/mol. The van der Waals surface area contributed by atoms with Crippen LogP contribution in [0.1, 0.15) is 55.2 Å². The zero-order valence-corrected chi connectivity index (χ0v) is 15.1. The second-order valence-corrected chi connectivity index (χ2v) is 6.69. The zero-order valence-electron chi connectivity index (χ0n) is 15.1. The van der Waals surface area contributed by atoms with Gasteiger partial charge in [-0.25, -0.2) is 0 Å². The van der Waals surface area contributed by atoms with Gasteiger partial charge in [-0.3, -0.25) is 4.98 Å². The Labute approximate surface area is 147 Å². The van der Waals surface area contributed by atoms with Gasteiger partial charge >= 0.3 is 0 Å². The summed E-state index contributed by atoms with van der Waals surface area (Å²) in [4.78, 5) is 4.30. The molecule has 126 valence electrons. The third-order valence-electron chi connectivity index (χ3n) is 4.53. The maximum atomic E-state index is 4.41. The van der Waals surface area contributed by atoms with Crippen LogP contribution in [0.5, 0.6) is 0 Å². The maximum Gasteiger partial charge on any atom is 0.0306 e. The Morgan fingerprint density at radius 3 is 2.46 bits per heavy atom. The SMILES string of the molecule is C=C(CCC)CC(C(=C)CCc1ccc(C)cc1)c1cccnc1. The van der Waals surface area contributed by atoms with Crippen molar-refractivity contribution in [3.05, 3.63) is 89.8 Å². The third kappa shape index (κ3) is 5.49. The predicted molar refractivity (Wildman–Crippen MR) is 104 cm³/mol. The molecule has 1 nitrogen and oxygen atoms in total. The number of pyridine rings is 1. The number of nitrogens with zero attached hydrogens (tertiary/aromatic N) is 1. The minimum Gasteiger partial charge on any atom is -0.264 e. The molecule has 0 N–H and O–H groups in total. The molecule has 0 fully saturated rings. The highest BCUT2D eigenvalue weighted by molar-refractivity contribution is 5.29. The normalized spacial score (nSPS) is 11.9. The number of aromatic nitrogens is 1. The van der Waals surface area contributed by atoms with E-state index in [-0.39, 0.29) is 0 Å². The monoisotopic (exact) mass is 319 g/mol. The van der Waals surface area contributed by atoms with E-state index in [1.54, 1.807) is 0 Å². The first-order chi connectivity index (χ1) is 11.6. The molecule has 1 heteroatoms. The van der Waals surface area contributed by atoms with Crippen molar-refractivity contribution in [2.24, 2.45) is 0 Å². The lowest BCUT2D eigenvalue weighted by Crippen LogP contribution is -2.05. The Hall–Kier alpha value is -2.15. The van der Waals surface area contributed by atoms with Gasteiger partial charge in [0.1, 0.15) is 0 Å². The van der Waals surface area contributed by atoms with Gasteiger partial charge in [-0.15, -0.1) is 0 Å². The lowest BCUT2D eigenvalue weighted by Gasteiger charge is -2.21. The van der Waals surface area contributed by atoms with Gasteiger partial charge in [-0.1, -0.05) is 73.5 Å². The number of allylic oxidation sites excluding steroid dienone is 2. The summed E-state index contributed by atoms with van der Waals surface area (Å²) >= 11 is 0. The second kappa shape index (κ2) is 9.22. The van der Waals surface area contributed by atoms with Gasteiger partial charge in [-0.2, -0.15) is 0 Å². The Morgan fingerprint density at radius 2 is 1.83 bits per heavy atom. The van der Waals surface area contributed by atoms with Crippen molar-refractivity contribution < 1.29 is 0 Å². The van der Waals surface area contributed by atoms with Gasteiger partial charge in [-0.05, 0) is 49.8 Å². The van der Waals surface area contributed by atoms with Gasteiger partial charge < -0.3 is 0 Å². The van der Waals surface area contributed by atoms with Crippen molar-refractivity contribution in [3.63, 3.8) is 0 Å². The minimum absolute atomic E-state index is 0.322. The van der Waals surface area contributed by atoms with Crippen molar-refractivity contribution in [1.29, 1.82) is 0 Å². The molecule has 1 unspecified atom stereocenters. The molecule has 2 rings (SSSR count). The van der Waals surface area contributed by atoms with E-state index in [2.05, 4.69) is 62.3 Å². The molecule has 0 aliphatic rings. The van der Waals surface area contributed by atoms with Crippen LogP contribution in [0, 0.1) is 6.92 Å². The van der Waals surface area contributed by atoms with Gasteiger partial charge in [0.2, 0.25) is 0 Å². The molecule has 0 aliphatic carbocycles. The molecule has 0 spiro atoms. The van der Waals surface area contributed by atoms with Gasteiger partial charge in [0, 0.05) is 18.3 Å². The molecule has 1 aromatic heterocycles. The molecular formula is C23H29N. The van der Waals surface area contributed by atoms with Crippen LogP contribution in [0.4, 0.5) is 0 Å². The average Bonchev–Trinajstić information content (AvgIpc) is 2.60. The topological polar surface area (TPSA) is 12.9 Å². The van der Waals surface area contributed by atoms with E-state index in [0.717, 1.165) is 32.1 Å². The highest BCUT2D eigenvalue weighted by Gasteiger charge is 2.16. The van der Waals surface area contributed by atoms with Crippen molar-refractivity contribution in [1.82, 2.24) is 4.98 Å².